The van der Waals surface area contributed by atoms with Gasteiger partial charge < -0.3 is 4.90 Å². The number of hydrogen-bond donors (Lipinski definition) is 0. The van der Waals surface area contributed by atoms with E-state index in [1.807, 2.05) is 41.2 Å². The lowest BCUT2D eigenvalue weighted by Gasteiger charge is -2.32. The first kappa shape index (κ1) is 21.5. The van der Waals surface area contributed by atoms with Crippen LogP contribution in [0.2, 0.25) is 0 Å². The van der Waals surface area contributed by atoms with Crippen molar-refractivity contribution in [3.05, 3.63) is 96.2 Å². The van der Waals surface area contributed by atoms with Gasteiger partial charge in [0.2, 0.25) is 0 Å². The molecule has 0 aliphatic carbocycles. The maximum absolute atomic E-state index is 14.2. The van der Waals surface area contributed by atoms with Gasteiger partial charge >= 0.3 is 0 Å². The zero-order valence-corrected chi connectivity index (χ0v) is 18.6. The van der Waals surface area contributed by atoms with E-state index in [4.69, 9.17) is 5.10 Å². The summed E-state index contributed by atoms with van der Waals surface area (Å²) in [5, 5.41) is 4.70. The molecule has 0 unspecified atom stereocenters. The van der Waals surface area contributed by atoms with E-state index >= 15 is 0 Å². The van der Waals surface area contributed by atoms with Gasteiger partial charge in [0.25, 0.3) is 0 Å². The minimum absolute atomic E-state index is 0.245. The molecule has 168 valence electrons. The van der Waals surface area contributed by atoms with Gasteiger partial charge in [0.1, 0.15) is 11.6 Å². The van der Waals surface area contributed by atoms with Crippen LogP contribution in [0.5, 0.6) is 0 Å². The van der Waals surface area contributed by atoms with Crippen LogP contribution >= 0.6 is 0 Å². The number of benzene rings is 3. The maximum atomic E-state index is 14.2. The highest BCUT2D eigenvalue weighted by atomic mass is 19.1. The average molecular weight is 445 g/mol. The van der Waals surface area contributed by atoms with Crippen molar-refractivity contribution in [1.82, 2.24) is 19.6 Å². The predicted octanol–water partition coefficient (Wildman–Crippen LogP) is 5.23. The molecule has 2 heterocycles. The third kappa shape index (κ3) is 4.58. The van der Waals surface area contributed by atoms with Crippen LogP contribution in [0.1, 0.15) is 5.56 Å². The Bertz CT molecular complexity index is 1220. The fourth-order valence-corrected chi connectivity index (χ4v) is 4.33. The molecule has 1 aromatic heterocycles. The van der Waals surface area contributed by atoms with E-state index in [0.717, 1.165) is 60.8 Å². The van der Waals surface area contributed by atoms with Gasteiger partial charge in [-0.05, 0) is 55.1 Å². The summed E-state index contributed by atoms with van der Waals surface area (Å²) in [5.74, 6) is -0.509. The quantitative estimate of drug-likeness (QED) is 0.421. The highest BCUT2D eigenvalue weighted by molar-refractivity contribution is 5.68. The smallest absolute Gasteiger partial charge is 0.131 e. The van der Waals surface area contributed by atoms with E-state index in [2.05, 4.69) is 16.8 Å². The number of rotatable bonds is 5. The molecule has 0 radical (unpaired) electrons. The van der Waals surface area contributed by atoms with Crippen molar-refractivity contribution in [3.8, 4) is 28.1 Å². The molecule has 0 N–H and O–H groups in total. The Morgan fingerprint density at radius 2 is 1.45 bits per heavy atom. The number of aromatic nitrogens is 2. The van der Waals surface area contributed by atoms with Crippen molar-refractivity contribution < 1.29 is 8.78 Å². The van der Waals surface area contributed by atoms with Crippen LogP contribution < -0.4 is 0 Å². The fraction of sp³-hybridized carbons (Fsp3) is 0.222. The number of hydrogen-bond acceptors (Lipinski definition) is 3. The van der Waals surface area contributed by atoms with Gasteiger partial charge in [-0.3, -0.25) is 4.90 Å². The van der Waals surface area contributed by atoms with Crippen molar-refractivity contribution in [2.75, 3.05) is 33.2 Å². The molecule has 0 amide bonds. The summed E-state index contributed by atoms with van der Waals surface area (Å²) in [7, 11) is 2.14. The van der Waals surface area contributed by atoms with Crippen LogP contribution in [0, 0.1) is 11.6 Å². The summed E-state index contributed by atoms with van der Waals surface area (Å²) in [6.45, 7) is 4.87. The molecular weight excluding hydrogens is 418 g/mol. The van der Waals surface area contributed by atoms with E-state index in [1.165, 1.54) is 18.2 Å². The molecule has 1 saturated heterocycles. The van der Waals surface area contributed by atoms with Gasteiger partial charge in [-0.1, -0.05) is 30.3 Å². The van der Waals surface area contributed by atoms with E-state index in [9.17, 15) is 8.78 Å². The first-order valence-electron chi connectivity index (χ1n) is 11.2. The molecule has 1 fully saturated rings. The number of piperazine rings is 1. The Hall–Kier alpha value is -3.35. The summed E-state index contributed by atoms with van der Waals surface area (Å²) in [5.41, 5.74) is 5.22. The molecule has 0 saturated carbocycles. The van der Waals surface area contributed by atoms with Crippen molar-refractivity contribution in [2.24, 2.45) is 0 Å². The highest BCUT2D eigenvalue weighted by Gasteiger charge is 2.20. The summed E-state index contributed by atoms with van der Waals surface area (Å²) >= 11 is 0. The van der Waals surface area contributed by atoms with E-state index in [0.29, 0.717) is 5.56 Å². The molecular formula is C27H26F2N4. The molecule has 4 aromatic rings. The summed E-state index contributed by atoms with van der Waals surface area (Å²) < 4.78 is 29.7. The second kappa shape index (κ2) is 9.25. The van der Waals surface area contributed by atoms with Crippen molar-refractivity contribution in [2.45, 2.75) is 6.54 Å². The van der Waals surface area contributed by atoms with E-state index in [-0.39, 0.29) is 11.6 Å². The van der Waals surface area contributed by atoms with Gasteiger partial charge in [-0.2, -0.15) is 5.10 Å². The Morgan fingerprint density at radius 1 is 0.788 bits per heavy atom. The van der Waals surface area contributed by atoms with Crippen LogP contribution in [0.3, 0.4) is 0 Å². The van der Waals surface area contributed by atoms with Gasteiger partial charge in [0, 0.05) is 49.4 Å². The summed E-state index contributed by atoms with van der Waals surface area (Å²) in [4.78, 5) is 4.76. The second-order valence-corrected chi connectivity index (χ2v) is 8.54. The van der Waals surface area contributed by atoms with E-state index in [1.54, 1.807) is 24.3 Å². The molecule has 6 heteroatoms. The average Bonchev–Trinajstić information content (AvgIpc) is 3.25. The van der Waals surface area contributed by atoms with Crippen molar-refractivity contribution in [1.29, 1.82) is 0 Å². The van der Waals surface area contributed by atoms with Crippen molar-refractivity contribution in [3.63, 3.8) is 0 Å². The topological polar surface area (TPSA) is 24.3 Å². The molecule has 3 aromatic carbocycles. The molecule has 4 nitrogen and oxygen atoms in total. The van der Waals surface area contributed by atoms with Gasteiger partial charge in [-0.15, -0.1) is 0 Å². The van der Waals surface area contributed by atoms with Crippen molar-refractivity contribution >= 4 is 0 Å². The van der Waals surface area contributed by atoms with Crippen LogP contribution in [-0.4, -0.2) is 52.8 Å². The zero-order valence-electron chi connectivity index (χ0n) is 18.6. The SMILES string of the molecule is CN1CCN(Cc2cnn(-c3ccc(-c4ccccc4F)cc3)c2-c2ccc(F)cc2)CC1. The third-order valence-electron chi connectivity index (χ3n) is 6.25. The van der Waals surface area contributed by atoms with Gasteiger partial charge in [-0.25, -0.2) is 13.5 Å². The fourth-order valence-electron chi connectivity index (χ4n) is 4.33. The molecule has 1 aliphatic heterocycles. The van der Waals surface area contributed by atoms with Crippen LogP contribution in [0.25, 0.3) is 28.1 Å². The number of halogens is 2. The Balaban J connectivity index is 1.51. The Kier molecular flexibility index (Phi) is 6.03. The Morgan fingerprint density at radius 3 is 2.15 bits per heavy atom. The number of nitrogens with zero attached hydrogens (tertiary/aromatic N) is 4. The lowest BCUT2D eigenvalue weighted by molar-refractivity contribution is 0.148. The standard InChI is InChI=1S/C27H26F2N4/c1-31-14-16-32(17-15-31)19-22-18-30-33(27(22)21-6-10-23(28)11-7-21)24-12-8-20(9-13-24)25-4-2-3-5-26(25)29/h2-13,18H,14-17,19H2,1H3. The monoisotopic (exact) mass is 444 g/mol. The van der Waals surface area contributed by atoms with E-state index < -0.39 is 0 Å². The molecule has 0 spiro atoms. The normalized spacial score (nSPS) is 15.1. The molecule has 33 heavy (non-hydrogen) atoms. The largest absolute Gasteiger partial charge is 0.304 e. The predicted molar refractivity (Wildman–Crippen MR) is 127 cm³/mol. The molecule has 0 atom stereocenters. The highest BCUT2D eigenvalue weighted by Crippen LogP contribution is 2.30. The Labute approximate surface area is 192 Å². The maximum Gasteiger partial charge on any atom is 0.131 e. The lowest BCUT2D eigenvalue weighted by atomic mass is 10.0. The molecule has 5 rings (SSSR count). The second-order valence-electron chi connectivity index (χ2n) is 8.54. The minimum atomic E-state index is -0.264. The lowest BCUT2D eigenvalue weighted by Crippen LogP contribution is -2.43. The first-order chi connectivity index (χ1) is 16.1. The van der Waals surface area contributed by atoms with Crippen LogP contribution in [-0.2, 0) is 6.54 Å². The minimum Gasteiger partial charge on any atom is -0.304 e. The van der Waals surface area contributed by atoms with Crippen LogP contribution in [0.15, 0.2) is 79.0 Å². The summed E-state index contributed by atoms with van der Waals surface area (Å²) in [6, 6.07) is 21.0. The van der Waals surface area contributed by atoms with Gasteiger partial charge in [0.15, 0.2) is 0 Å². The first-order valence-corrected chi connectivity index (χ1v) is 11.2. The molecule has 0 bridgehead atoms. The van der Waals surface area contributed by atoms with Gasteiger partial charge in [0.05, 0.1) is 17.6 Å². The van der Waals surface area contributed by atoms with Crippen LogP contribution in [0.4, 0.5) is 8.78 Å². The zero-order chi connectivity index (χ0) is 22.8. The summed E-state index contributed by atoms with van der Waals surface area (Å²) in [6.07, 6.45) is 1.90. The third-order valence-corrected chi connectivity index (χ3v) is 6.25. The molecule has 1 aliphatic rings. The number of likely N-dealkylation sites (N-methyl/N-ethyl adjacent to an activating group) is 1.